The quantitative estimate of drug-likeness (QED) is 0.491. The van der Waals surface area contributed by atoms with E-state index in [1.807, 2.05) is 0 Å². The Morgan fingerprint density at radius 1 is 1.23 bits per heavy atom. The average molecular weight is 277 g/mol. The number of alkyl halides is 3. The number of hydrogen-bond donors (Lipinski definition) is 0. The van der Waals surface area contributed by atoms with Gasteiger partial charge in [0, 0.05) is 4.47 Å². The first-order chi connectivity index (χ1) is 5.84. The Labute approximate surface area is 84.6 Å². The zero-order valence-corrected chi connectivity index (χ0v) is 8.26. The minimum absolute atomic E-state index is 0.0969. The first-order valence-corrected chi connectivity index (χ1v) is 4.22. The topological polar surface area (TPSA) is 0 Å². The van der Waals surface area contributed by atoms with Crippen molar-refractivity contribution in [1.82, 2.24) is 0 Å². The van der Waals surface area contributed by atoms with Crippen LogP contribution in [0.5, 0.6) is 0 Å². The lowest BCUT2D eigenvalue weighted by molar-refractivity contribution is -0.140. The van der Waals surface area contributed by atoms with Crippen molar-refractivity contribution in [2.45, 2.75) is 6.18 Å². The first-order valence-electron chi connectivity index (χ1n) is 3.04. The summed E-state index contributed by atoms with van der Waals surface area (Å²) in [5, 5.41) is -0.560. The van der Waals surface area contributed by atoms with Crippen molar-refractivity contribution in [2.75, 3.05) is 0 Å². The molecule has 1 aromatic carbocycles. The van der Waals surface area contributed by atoms with E-state index in [0.717, 1.165) is 6.07 Å². The normalized spacial score (nSPS) is 11.8. The second kappa shape index (κ2) is 3.46. The van der Waals surface area contributed by atoms with E-state index in [1.165, 1.54) is 0 Å². The maximum absolute atomic E-state index is 12.9. The third-order valence-electron chi connectivity index (χ3n) is 1.34. The fraction of sp³-hybridized carbons (Fsp3) is 0.143. The van der Waals surface area contributed by atoms with Crippen LogP contribution in [0.2, 0.25) is 5.02 Å². The predicted octanol–water partition coefficient (Wildman–Crippen LogP) is 4.26. The van der Waals surface area contributed by atoms with Gasteiger partial charge in [-0.1, -0.05) is 11.6 Å². The van der Waals surface area contributed by atoms with Crippen LogP contribution >= 0.6 is 27.5 Å². The molecule has 0 aromatic heterocycles. The van der Waals surface area contributed by atoms with Gasteiger partial charge in [-0.2, -0.15) is 13.2 Å². The Bertz CT molecular complexity index is 334. The van der Waals surface area contributed by atoms with Gasteiger partial charge in [-0.05, 0) is 28.1 Å². The Morgan fingerprint density at radius 3 is 2.23 bits per heavy atom. The van der Waals surface area contributed by atoms with Gasteiger partial charge in [-0.3, -0.25) is 0 Å². The molecule has 0 radical (unpaired) electrons. The van der Waals surface area contributed by atoms with E-state index in [1.54, 1.807) is 0 Å². The highest BCUT2D eigenvalue weighted by atomic mass is 79.9. The van der Waals surface area contributed by atoms with Crippen LogP contribution in [-0.2, 0) is 6.18 Å². The van der Waals surface area contributed by atoms with Crippen LogP contribution in [-0.4, -0.2) is 0 Å². The molecule has 1 aromatic rings. The zero-order valence-electron chi connectivity index (χ0n) is 5.92. The highest BCUT2D eigenvalue weighted by molar-refractivity contribution is 9.10. The van der Waals surface area contributed by atoms with E-state index in [-0.39, 0.29) is 4.47 Å². The second-order valence-electron chi connectivity index (χ2n) is 2.22. The van der Waals surface area contributed by atoms with Crippen LogP contribution in [0.1, 0.15) is 5.56 Å². The summed E-state index contributed by atoms with van der Waals surface area (Å²) < 4.78 is 49.1. The van der Waals surface area contributed by atoms with Gasteiger partial charge < -0.3 is 0 Å². The van der Waals surface area contributed by atoms with Gasteiger partial charge in [0.2, 0.25) is 0 Å². The summed E-state index contributed by atoms with van der Waals surface area (Å²) in [6.07, 6.45) is -4.71. The number of halogens is 6. The molecule has 0 heterocycles. The Balaban J connectivity index is 3.35. The minimum Gasteiger partial charge on any atom is -0.205 e. The third kappa shape index (κ3) is 2.14. The lowest BCUT2D eigenvalue weighted by atomic mass is 10.2. The standard InChI is InChI=1S/C7H2BrClF4/c8-4-2-1-3(7(11,12)13)6(10)5(4)9/h1-2H. The van der Waals surface area contributed by atoms with Crippen molar-refractivity contribution >= 4 is 27.5 Å². The van der Waals surface area contributed by atoms with Crippen molar-refractivity contribution in [3.05, 3.63) is 33.0 Å². The van der Waals surface area contributed by atoms with Crippen LogP contribution in [0.25, 0.3) is 0 Å². The van der Waals surface area contributed by atoms with Gasteiger partial charge >= 0.3 is 6.18 Å². The fourth-order valence-corrected chi connectivity index (χ4v) is 1.22. The van der Waals surface area contributed by atoms with E-state index in [2.05, 4.69) is 15.9 Å². The van der Waals surface area contributed by atoms with E-state index in [4.69, 9.17) is 11.6 Å². The van der Waals surface area contributed by atoms with Gasteiger partial charge in [0.05, 0.1) is 10.6 Å². The Kier molecular flexibility index (Phi) is 2.87. The monoisotopic (exact) mass is 276 g/mol. The van der Waals surface area contributed by atoms with E-state index < -0.39 is 22.6 Å². The highest BCUT2D eigenvalue weighted by Gasteiger charge is 2.35. The van der Waals surface area contributed by atoms with Gasteiger partial charge in [-0.15, -0.1) is 0 Å². The molecule has 0 atom stereocenters. The molecule has 6 heteroatoms. The molecule has 0 unspecified atom stereocenters. The molecule has 0 saturated heterocycles. The number of rotatable bonds is 0. The van der Waals surface area contributed by atoms with Crippen molar-refractivity contribution in [1.29, 1.82) is 0 Å². The summed E-state index contributed by atoms with van der Waals surface area (Å²) in [5.41, 5.74) is -1.36. The summed E-state index contributed by atoms with van der Waals surface area (Å²) in [7, 11) is 0. The zero-order chi connectivity index (χ0) is 10.2. The predicted molar refractivity (Wildman–Crippen MR) is 44.1 cm³/mol. The van der Waals surface area contributed by atoms with E-state index >= 15 is 0 Å². The maximum atomic E-state index is 12.9. The molecule has 72 valence electrons. The molecule has 13 heavy (non-hydrogen) atoms. The SMILES string of the molecule is Fc1c(C(F)(F)F)ccc(Br)c1Cl. The van der Waals surface area contributed by atoms with Crippen LogP contribution < -0.4 is 0 Å². The molecule has 0 aliphatic carbocycles. The molecule has 0 aliphatic rings. The average Bonchev–Trinajstić information content (AvgIpc) is 1.98. The van der Waals surface area contributed by atoms with Gasteiger partial charge in [0.25, 0.3) is 0 Å². The fourth-order valence-electron chi connectivity index (χ4n) is 0.745. The molecule has 0 aliphatic heterocycles. The molecule has 0 bridgehead atoms. The first kappa shape index (κ1) is 10.8. The molecular weight excluding hydrogens is 275 g/mol. The maximum Gasteiger partial charge on any atom is 0.419 e. The van der Waals surface area contributed by atoms with Crippen molar-refractivity contribution in [2.24, 2.45) is 0 Å². The molecular formula is C7H2BrClF4. The number of hydrogen-bond acceptors (Lipinski definition) is 0. The molecule has 0 nitrogen and oxygen atoms in total. The highest BCUT2D eigenvalue weighted by Crippen LogP contribution is 2.36. The third-order valence-corrected chi connectivity index (χ3v) is 2.60. The summed E-state index contributed by atoms with van der Waals surface area (Å²) in [6, 6.07) is 1.68. The molecule has 0 amide bonds. The Morgan fingerprint density at radius 2 is 1.77 bits per heavy atom. The number of benzene rings is 1. The van der Waals surface area contributed by atoms with Crippen LogP contribution in [0.3, 0.4) is 0 Å². The van der Waals surface area contributed by atoms with E-state index in [9.17, 15) is 17.6 Å². The molecule has 0 N–H and O–H groups in total. The molecule has 0 saturated carbocycles. The summed E-state index contributed by atoms with van der Waals surface area (Å²) in [4.78, 5) is 0. The van der Waals surface area contributed by atoms with Crippen molar-refractivity contribution < 1.29 is 17.6 Å². The van der Waals surface area contributed by atoms with Gasteiger partial charge in [0.1, 0.15) is 0 Å². The van der Waals surface area contributed by atoms with Crippen LogP contribution in [0.4, 0.5) is 17.6 Å². The largest absolute Gasteiger partial charge is 0.419 e. The van der Waals surface area contributed by atoms with Gasteiger partial charge in [-0.25, -0.2) is 4.39 Å². The van der Waals surface area contributed by atoms with Crippen LogP contribution in [0, 0.1) is 5.82 Å². The summed E-state index contributed by atoms with van der Waals surface area (Å²) in [5.74, 6) is -1.46. The Hall–Kier alpha value is -0.290. The van der Waals surface area contributed by atoms with Crippen LogP contribution in [0.15, 0.2) is 16.6 Å². The molecule has 0 fully saturated rings. The lowest BCUT2D eigenvalue weighted by Crippen LogP contribution is -2.08. The summed E-state index contributed by atoms with van der Waals surface area (Å²) >= 11 is 8.07. The van der Waals surface area contributed by atoms with Crippen molar-refractivity contribution in [3.63, 3.8) is 0 Å². The van der Waals surface area contributed by atoms with Crippen molar-refractivity contribution in [3.8, 4) is 0 Å². The molecule has 0 spiro atoms. The molecule has 1 rings (SSSR count). The smallest absolute Gasteiger partial charge is 0.205 e. The van der Waals surface area contributed by atoms with E-state index in [0.29, 0.717) is 6.07 Å². The lowest BCUT2D eigenvalue weighted by Gasteiger charge is -2.08. The second-order valence-corrected chi connectivity index (χ2v) is 3.45. The minimum atomic E-state index is -4.71. The van der Waals surface area contributed by atoms with Gasteiger partial charge in [0.15, 0.2) is 5.82 Å². The summed E-state index contributed by atoms with van der Waals surface area (Å²) in [6.45, 7) is 0.